The normalized spacial score (nSPS) is 11.2. The van der Waals surface area contributed by atoms with Crippen molar-refractivity contribution < 1.29 is 0 Å². The zero-order chi connectivity index (χ0) is 13.9. The quantitative estimate of drug-likeness (QED) is 0.590. The summed E-state index contributed by atoms with van der Waals surface area (Å²) < 4.78 is 2.12. The summed E-state index contributed by atoms with van der Waals surface area (Å²) >= 11 is 6.89. The molecule has 1 N–H and O–H groups in total. The molecule has 0 radical (unpaired) electrons. The second kappa shape index (κ2) is 5.52. The summed E-state index contributed by atoms with van der Waals surface area (Å²) in [5.41, 5.74) is 2.18. The lowest BCUT2D eigenvalue weighted by atomic mass is 10.2. The van der Waals surface area contributed by atoms with Crippen molar-refractivity contribution in [1.29, 1.82) is 0 Å². The first-order valence-corrected chi connectivity index (χ1v) is 7.36. The first kappa shape index (κ1) is 13.0. The minimum Gasteiger partial charge on any atom is -0.250 e. The second-order valence-corrected chi connectivity index (χ2v) is 5.58. The molecular formula is C14H12N4S2. The number of H-pyrrole nitrogens is 1. The number of thiophene rings is 1. The largest absolute Gasteiger partial charge is 0.250 e. The molecule has 100 valence electrons. The number of hydrogen-bond donors (Lipinski definition) is 1. The number of nitrogens with one attached hydrogen (secondary N) is 1. The molecule has 3 aromatic rings. The Balaban J connectivity index is 2.03. The van der Waals surface area contributed by atoms with E-state index in [2.05, 4.69) is 28.3 Å². The maximum absolute atomic E-state index is 5.24. The van der Waals surface area contributed by atoms with Gasteiger partial charge in [-0.15, -0.1) is 11.3 Å². The average molecular weight is 300 g/mol. The fourth-order valence-electron chi connectivity index (χ4n) is 1.80. The van der Waals surface area contributed by atoms with Crippen molar-refractivity contribution in [2.45, 2.75) is 6.92 Å². The Morgan fingerprint density at radius 1 is 1.30 bits per heavy atom. The summed E-state index contributed by atoms with van der Waals surface area (Å²) in [5, 5.41) is 13.5. The Hall–Kier alpha value is -2.05. The highest BCUT2D eigenvalue weighted by Gasteiger charge is 2.07. The van der Waals surface area contributed by atoms with Crippen molar-refractivity contribution >= 4 is 29.8 Å². The van der Waals surface area contributed by atoms with E-state index >= 15 is 0 Å². The summed E-state index contributed by atoms with van der Waals surface area (Å²) in [6.07, 6.45) is 1.82. The second-order valence-electron chi connectivity index (χ2n) is 4.24. The van der Waals surface area contributed by atoms with Crippen LogP contribution in [-0.2, 0) is 0 Å². The SMILES string of the molecule is Cc1ccsc1/C=N/n1c(-c2ccccc2)n[nH]c1=S. The molecule has 4 nitrogen and oxygen atoms in total. The van der Waals surface area contributed by atoms with E-state index in [1.54, 1.807) is 16.0 Å². The lowest BCUT2D eigenvalue weighted by Crippen LogP contribution is -1.94. The Kier molecular flexibility index (Phi) is 3.58. The van der Waals surface area contributed by atoms with Crippen LogP contribution in [0.25, 0.3) is 11.4 Å². The number of rotatable bonds is 3. The highest BCUT2D eigenvalue weighted by molar-refractivity contribution is 7.71. The van der Waals surface area contributed by atoms with E-state index in [0.29, 0.717) is 10.6 Å². The van der Waals surface area contributed by atoms with Crippen molar-refractivity contribution in [3.8, 4) is 11.4 Å². The van der Waals surface area contributed by atoms with Crippen molar-refractivity contribution in [2.75, 3.05) is 0 Å². The molecule has 0 aliphatic heterocycles. The fourth-order valence-corrected chi connectivity index (χ4v) is 2.76. The third-order valence-electron chi connectivity index (χ3n) is 2.87. The first-order valence-electron chi connectivity index (χ1n) is 6.07. The third-order valence-corrected chi connectivity index (χ3v) is 4.09. The molecule has 0 spiro atoms. The monoisotopic (exact) mass is 300 g/mol. The Morgan fingerprint density at radius 2 is 2.10 bits per heavy atom. The summed E-state index contributed by atoms with van der Waals surface area (Å²) in [6.45, 7) is 2.06. The van der Waals surface area contributed by atoms with E-state index in [4.69, 9.17) is 12.2 Å². The van der Waals surface area contributed by atoms with Gasteiger partial charge in [0.1, 0.15) is 0 Å². The van der Waals surface area contributed by atoms with E-state index in [9.17, 15) is 0 Å². The van der Waals surface area contributed by atoms with Crippen LogP contribution in [0.5, 0.6) is 0 Å². The fraction of sp³-hybridized carbons (Fsp3) is 0.0714. The number of nitrogens with zero attached hydrogens (tertiary/aromatic N) is 3. The molecule has 2 aromatic heterocycles. The molecule has 3 rings (SSSR count). The summed E-state index contributed by atoms with van der Waals surface area (Å²) in [5.74, 6) is 0.709. The van der Waals surface area contributed by atoms with Gasteiger partial charge in [-0.1, -0.05) is 30.3 Å². The minimum absolute atomic E-state index is 0.481. The number of benzene rings is 1. The Morgan fingerprint density at radius 3 is 2.80 bits per heavy atom. The van der Waals surface area contributed by atoms with Crippen molar-refractivity contribution in [3.05, 3.63) is 57.0 Å². The number of aryl methyl sites for hydroxylation is 1. The topological polar surface area (TPSA) is 46.0 Å². The Bertz CT molecular complexity index is 796. The van der Waals surface area contributed by atoms with Gasteiger partial charge in [0.2, 0.25) is 4.77 Å². The summed E-state index contributed by atoms with van der Waals surface area (Å²) in [7, 11) is 0. The molecule has 0 unspecified atom stereocenters. The predicted octanol–water partition coefficient (Wildman–Crippen LogP) is 3.86. The molecule has 1 aromatic carbocycles. The maximum atomic E-state index is 5.24. The van der Waals surface area contributed by atoms with Crippen LogP contribution in [0, 0.1) is 11.7 Å². The smallest absolute Gasteiger partial charge is 0.216 e. The van der Waals surface area contributed by atoms with Crippen LogP contribution in [0.2, 0.25) is 0 Å². The summed E-state index contributed by atoms with van der Waals surface area (Å²) in [6, 6.07) is 11.9. The van der Waals surface area contributed by atoms with Crippen molar-refractivity contribution in [3.63, 3.8) is 0 Å². The Labute approximate surface area is 125 Å². The van der Waals surface area contributed by atoms with Gasteiger partial charge >= 0.3 is 0 Å². The highest BCUT2D eigenvalue weighted by atomic mass is 32.1. The molecule has 6 heteroatoms. The predicted molar refractivity (Wildman–Crippen MR) is 84.9 cm³/mol. The van der Waals surface area contributed by atoms with E-state index in [0.717, 1.165) is 10.4 Å². The van der Waals surface area contributed by atoms with Gasteiger partial charge in [-0.05, 0) is 36.2 Å². The molecule has 0 aliphatic carbocycles. The maximum Gasteiger partial charge on any atom is 0.216 e. The van der Waals surface area contributed by atoms with Gasteiger partial charge in [-0.3, -0.25) is 0 Å². The van der Waals surface area contributed by atoms with Gasteiger partial charge in [0.05, 0.1) is 11.1 Å². The number of aromatic nitrogens is 3. The van der Waals surface area contributed by atoms with Crippen molar-refractivity contribution in [1.82, 2.24) is 14.9 Å². The van der Waals surface area contributed by atoms with E-state index in [1.807, 2.05) is 41.9 Å². The molecule has 0 amide bonds. The lowest BCUT2D eigenvalue weighted by molar-refractivity contribution is 0.872. The zero-order valence-electron chi connectivity index (χ0n) is 10.8. The van der Waals surface area contributed by atoms with Crippen LogP contribution in [0.15, 0.2) is 46.9 Å². The van der Waals surface area contributed by atoms with E-state index in [-0.39, 0.29) is 0 Å². The van der Waals surface area contributed by atoms with Crippen LogP contribution in [0.1, 0.15) is 10.4 Å². The van der Waals surface area contributed by atoms with Crippen LogP contribution in [-0.4, -0.2) is 21.1 Å². The van der Waals surface area contributed by atoms with E-state index in [1.165, 1.54) is 5.56 Å². The van der Waals surface area contributed by atoms with Crippen molar-refractivity contribution in [2.24, 2.45) is 5.10 Å². The van der Waals surface area contributed by atoms with Crippen LogP contribution < -0.4 is 0 Å². The van der Waals surface area contributed by atoms with Gasteiger partial charge < -0.3 is 0 Å². The molecule has 0 saturated heterocycles. The van der Waals surface area contributed by atoms with Gasteiger partial charge in [-0.25, -0.2) is 5.10 Å². The summed E-state index contributed by atoms with van der Waals surface area (Å²) in [4.78, 5) is 1.12. The molecule has 20 heavy (non-hydrogen) atoms. The van der Waals surface area contributed by atoms with E-state index < -0.39 is 0 Å². The molecule has 2 heterocycles. The number of hydrogen-bond acceptors (Lipinski definition) is 4. The van der Waals surface area contributed by atoms with Gasteiger partial charge in [-0.2, -0.15) is 14.9 Å². The van der Waals surface area contributed by atoms with Gasteiger partial charge in [0.15, 0.2) is 5.82 Å². The molecule has 0 saturated carbocycles. The van der Waals surface area contributed by atoms with Crippen LogP contribution in [0.3, 0.4) is 0 Å². The van der Waals surface area contributed by atoms with Gasteiger partial charge in [0.25, 0.3) is 0 Å². The molecular weight excluding hydrogens is 288 g/mol. The average Bonchev–Trinajstić information content (AvgIpc) is 3.04. The molecule has 0 atom stereocenters. The first-order chi connectivity index (χ1) is 9.75. The minimum atomic E-state index is 0.481. The number of aromatic amines is 1. The lowest BCUT2D eigenvalue weighted by Gasteiger charge is -2.00. The van der Waals surface area contributed by atoms with Gasteiger partial charge in [0, 0.05) is 5.56 Å². The third kappa shape index (κ3) is 2.48. The molecule has 0 fully saturated rings. The highest BCUT2D eigenvalue weighted by Crippen LogP contribution is 2.17. The molecule has 0 aliphatic rings. The van der Waals surface area contributed by atoms with Crippen LogP contribution >= 0.6 is 23.6 Å². The molecule has 0 bridgehead atoms. The zero-order valence-corrected chi connectivity index (χ0v) is 12.4. The van der Waals surface area contributed by atoms with Crippen LogP contribution in [0.4, 0.5) is 0 Å². The standard InChI is InChI=1S/C14H12N4S2/c1-10-7-8-20-12(10)9-15-18-13(16-17-14(18)19)11-5-3-2-4-6-11/h2-9H,1H3,(H,17,19)/b15-9+.